The van der Waals surface area contributed by atoms with Gasteiger partial charge < -0.3 is 5.32 Å². The van der Waals surface area contributed by atoms with Crippen LogP contribution in [-0.4, -0.2) is 16.8 Å². The zero-order valence-corrected chi connectivity index (χ0v) is 16.7. The van der Waals surface area contributed by atoms with Crippen molar-refractivity contribution in [2.24, 2.45) is 0 Å². The van der Waals surface area contributed by atoms with Gasteiger partial charge in [0.15, 0.2) is 5.13 Å². The number of aryl methyl sites for hydroxylation is 1. The van der Waals surface area contributed by atoms with Gasteiger partial charge in [-0.25, -0.2) is 4.98 Å². The number of rotatable bonds is 8. The molecule has 5 nitrogen and oxygen atoms in total. The van der Waals surface area contributed by atoms with Gasteiger partial charge in [0.2, 0.25) is 5.91 Å². The molecule has 0 radical (unpaired) electrons. The number of hydrogen-bond acceptors (Lipinski definition) is 5. The first-order chi connectivity index (χ1) is 13.1. The van der Waals surface area contributed by atoms with Crippen LogP contribution >= 0.6 is 22.7 Å². The fourth-order valence-corrected chi connectivity index (χ4v) is 3.84. The molecule has 3 rings (SSSR count). The van der Waals surface area contributed by atoms with Crippen molar-refractivity contribution in [2.45, 2.75) is 32.6 Å². The molecule has 0 fully saturated rings. The van der Waals surface area contributed by atoms with Crippen LogP contribution in [0.15, 0.2) is 47.2 Å². The highest BCUT2D eigenvalue weighted by Crippen LogP contribution is 2.19. The average molecular weight is 400 g/mol. The Hall–Kier alpha value is -2.51. The van der Waals surface area contributed by atoms with Gasteiger partial charge in [-0.15, -0.1) is 22.7 Å². The van der Waals surface area contributed by atoms with E-state index < -0.39 is 0 Å². The van der Waals surface area contributed by atoms with Gasteiger partial charge in [-0.05, 0) is 42.0 Å². The first kappa shape index (κ1) is 19.3. The largest absolute Gasteiger partial charge is 0.326 e. The van der Waals surface area contributed by atoms with E-state index in [1.165, 1.54) is 41.1 Å². The van der Waals surface area contributed by atoms with Crippen molar-refractivity contribution in [3.63, 3.8) is 0 Å². The van der Waals surface area contributed by atoms with E-state index in [1.807, 2.05) is 35.7 Å². The third kappa shape index (κ3) is 5.74. The number of anilines is 2. The summed E-state index contributed by atoms with van der Waals surface area (Å²) < 4.78 is 0. The molecule has 2 aromatic heterocycles. The summed E-state index contributed by atoms with van der Waals surface area (Å²) in [5, 5.41) is 9.78. The maximum atomic E-state index is 12.2. The highest BCUT2D eigenvalue weighted by atomic mass is 32.1. The molecule has 0 atom stereocenters. The van der Waals surface area contributed by atoms with Crippen molar-refractivity contribution in [3.8, 4) is 0 Å². The van der Waals surface area contributed by atoms with Crippen LogP contribution in [0.5, 0.6) is 0 Å². The van der Waals surface area contributed by atoms with Crippen molar-refractivity contribution in [3.05, 3.63) is 63.3 Å². The lowest BCUT2D eigenvalue weighted by Gasteiger charge is -2.06. The summed E-state index contributed by atoms with van der Waals surface area (Å²) in [4.78, 5) is 29.2. The summed E-state index contributed by atoms with van der Waals surface area (Å²) in [5.41, 5.74) is 2.70. The third-order valence-electron chi connectivity index (χ3n) is 3.92. The summed E-state index contributed by atoms with van der Waals surface area (Å²) in [6.07, 6.45) is 3.56. The van der Waals surface area contributed by atoms with Gasteiger partial charge in [-0.1, -0.05) is 31.5 Å². The van der Waals surface area contributed by atoms with Crippen LogP contribution in [0.4, 0.5) is 10.8 Å². The number of carbonyl (C=O) groups is 2. The highest BCUT2D eigenvalue weighted by molar-refractivity contribution is 7.14. The molecule has 0 aliphatic rings. The second-order valence-corrected chi connectivity index (χ2v) is 7.91. The number of unbranched alkanes of at least 4 members (excludes halogenated alkanes) is 1. The van der Waals surface area contributed by atoms with Crippen molar-refractivity contribution in [1.82, 2.24) is 4.98 Å². The molecule has 1 aromatic carbocycles. The van der Waals surface area contributed by atoms with Crippen molar-refractivity contribution < 1.29 is 9.59 Å². The number of amides is 2. The molecule has 2 heterocycles. The van der Waals surface area contributed by atoms with E-state index in [1.54, 1.807) is 11.4 Å². The molecule has 0 unspecified atom stereocenters. The Kier molecular flexibility index (Phi) is 6.73. The molecular weight excluding hydrogens is 378 g/mol. The third-order valence-corrected chi connectivity index (χ3v) is 5.59. The predicted molar refractivity (Wildman–Crippen MR) is 112 cm³/mol. The van der Waals surface area contributed by atoms with Crippen molar-refractivity contribution in [2.75, 3.05) is 10.6 Å². The first-order valence-corrected chi connectivity index (χ1v) is 10.6. The molecule has 7 heteroatoms. The molecule has 0 saturated heterocycles. The Labute approximate surface area is 166 Å². The molecule has 0 saturated carbocycles. The van der Waals surface area contributed by atoms with E-state index in [0.717, 1.165) is 12.1 Å². The molecule has 140 valence electrons. The van der Waals surface area contributed by atoms with Gasteiger partial charge in [0, 0.05) is 11.1 Å². The predicted octanol–water partition coefficient (Wildman–Crippen LogP) is 4.98. The molecule has 2 amide bonds. The number of benzene rings is 1. The number of thiophene rings is 1. The lowest BCUT2D eigenvalue weighted by Crippen LogP contribution is -2.15. The summed E-state index contributed by atoms with van der Waals surface area (Å²) in [7, 11) is 0. The summed E-state index contributed by atoms with van der Waals surface area (Å²) in [6, 6.07) is 11.5. The lowest BCUT2D eigenvalue weighted by atomic mass is 10.1. The van der Waals surface area contributed by atoms with Crippen LogP contribution in [0.2, 0.25) is 0 Å². The van der Waals surface area contributed by atoms with E-state index in [4.69, 9.17) is 0 Å². The second-order valence-electron chi connectivity index (χ2n) is 6.10. The van der Waals surface area contributed by atoms with E-state index in [2.05, 4.69) is 22.5 Å². The fraction of sp³-hybridized carbons (Fsp3) is 0.250. The quantitative estimate of drug-likeness (QED) is 0.561. The SMILES string of the molecule is CCCCc1ccc(NC(=O)Cc2csc(NC(=O)c3cccs3)n2)cc1. The molecule has 2 N–H and O–H groups in total. The Balaban J connectivity index is 1.51. The van der Waals surface area contributed by atoms with Gasteiger partial charge in [-0.2, -0.15) is 0 Å². The number of aromatic nitrogens is 1. The highest BCUT2D eigenvalue weighted by Gasteiger charge is 2.12. The van der Waals surface area contributed by atoms with E-state index in [-0.39, 0.29) is 18.2 Å². The van der Waals surface area contributed by atoms with Crippen LogP contribution in [0.25, 0.3) is 0 Å². The normalized spacial score (nSPS) is 10.6. The minimum atomic E-state index is -0.182. The molecule has 0 bridgehead atoms. The number of thiazole rings is 1. The summed E-state index contributed by atoms with van der Waals surface area (Å²) in [6.45, 7) is 2.17. The first-order valence-electron chi connectivity index (χ1n) is 8.82. The fourth-order valence-electron chi connectivity index (χ4n) is 2.52. The molecule has 27 heavy (non-hydrogen) atoms. The van der Waals surface area contributed by atoms with Crippen LogP contribution in [0, 0.1) is 0 Å². The maximum absolute atomic E-state index is 12.2. The maximum Gasteiger partial charge on any atom is 0.267 e. The van der Waals surface area contributed by atoms with Crippen molar-refractivity contribution in [1.29, 1.82) is 0 Å². The molecule has 0 aliphatic heterocycles. The van der Waals surface area contributed by atoms with Gasteiger partial charge in [0.1, 0.15) is 0 Å². The monoisotopic (exact) mass is 399 g/mol. The van der Waals surface area contributed by atoms with Crippen LogP contribution in [-0.2, 0) is 17.6 Å². The van der Waals surface area contributed by atoms with E-state index in [9.17, 15) is 9.59 Å². The molecule has 0 spiro atoms. The van der Waals surface area contributed by atoms with Gasteiger partial charge >= 0.3 is 0 Å². The lowest BCUT2D eigenvalue weighted by molar-refractivity contribution is -0.115. The van der Waals surface area contributed by atoms with Crippen LogP contribution < -0.4 is 10.6 Å². The number of nitrogens with zero attached hydrogens (tertiary/aromatic N) is 1. The summed E-state index contributed by atoms with van der Waals surface area (Å²) in [5.74, 6) is -0.309. The van der Waals surface area contributed by atoms with E-state index >= 15 is 0 Å². The zero-order chi connectivity index (χ0) is 19.1. The zero-order valence-electron chi connectivity index (χ0n) is 15.0. The summed E-state index contributed by atoms with van der Waals surface area (Å²) >= 11 is 2.69. The van der Waals surface area contributed by atoms with Gasteiger partial charge in [0.05, 0.1) is 17.0 Å². The number of carbonyl (C=O) groups excluding carboxylic acids is 2. The molecular formula is C20H21N3O2S2. The number of hydrogen-bond donors (Lipinski definition) is 2. The van der Waals surface area contributed by atoms with Gasteiger partial charge in [0.25, 0.3) is 5.91 Å². The average Bonchev–Trinajstić information content (AvgIpc) is 3.33. The minimum absolute atomic E-state index is 0.127. The Morgan fingerprint density at radius 1 is 1.07 bits per heavy atom. The van der Waals surface area contributed by atoms with Crippen molar-refractivity contribution >= 4 is 45.3 Å². The minimum Gasteiger partial charge on any atom is -0.326 e. The number of nitrogens with one attached hydrogen (secondary N) is 2. The Bertz CT molecular complexity index is 886. The Morgan fingerprint density at radius 3 is 2.59 bits per heavy atom. The standard InChI is InChI=1S/C20H21N3O2S2/c1-2-3-5-14-7-9-15(10-8-14)21-18(24)12-16-13-27-20(22-16)23-19(25)17-6-4-11-26-17/h4,6-11,13H,2-3,5,12H2,1H3,(H,21,24)(H,22,23,25). The van der Waals surface area contributed by atoms with Crippen LogP contribution in [0.3, 0.4) is 0 Å². The second kappa shape index (κ2) is 9.43. The molecule has 0 aliphatic carbocycles. The van der Waals surface area contributed by atoms with E-state index in [0.29, 0.717) is 15.7 Å². The van der Waals surface area contributed by atoms with Gasteiger partial charge in [-0.3, -0.25) is 14.9 Å². The smallest absolute Gasteiger partial charge is 0.267 e. The molecule has 3 aromatic rings. The topological polar surface area (TPSA) is 71.1 Å². The van der Waals surface area contributed by atoms with Crippen LogP contribution in [0.1, 0.15) is 40.7 Å². The Morgan fingerprint density at radius 2 is 1.89 bits per heavy atom.